The standard InChI is InChI=1S/C15H18BrN3O2/c1-3-5-12-8-13(15(20)21-4-2)19(18-12)10-11-6-7-14(16)17-9-11/h6-9H,3-5,10H2,1-2H3. The maximum absolute atomic E-state index is 12.0. The van der Waals surface area contributed by atoms with Gasteiger partial charge in [0, 0.05) is 6.20 Å². The van der Waals surface area contributed by atoms with Gasteiger partial charge in [-0.25, -0.2) is 9.78 Å². The van der Waals surface area contributed by atoms with Crippen molar-refractivity contribution in [3.05, 3.63) is 46.0 Å². The molecule has 0 aliphatic carbocycles. The minimum absolute atomic E-state index is 0.336. The molecule has 2 aromatic heterocycles. The molecule has 2 rings (SSSR count). The van der Waals surface area contributed by atoms with Gasteiger partial charge in [-0.3, -0.25) is 4.68 Å². The number of halogens is 1. The average molecular weight is 352 g/mol. The van der Waals surface area contributed by atoms with Gasteiger partial charge >= 0.3 is 5.97 Å². The second kappa shape index (κ2) is 7.36. The first-order valence-electron chi connectivity index (χ1n) is 6.98. The lowest BCUT2D eigenvalue weighted by Gasteiger charge is -2.06. The summed E-state index contributed by atoms with van der Waals surface area (Å²) in [5, 5.41) is 4.50. The number of hydrogen-bond acceptors (Lipinski definition) is 4. The first kappa shape index (κ1) is 15.7. The highest BCUT2D eigenvalue weighted by atomic mass is 79.9. The molecular weight excluding hydrogens is 334 g/mol. The molecule has 0 aliphatic rings. The van der Waals surface area contributed by atoms with Crippen LogP contribution in [0.4, 0.5) is 0 Å². The van der Waals surface area contributed by atoms with E-state index in [4.69, 9.17) is 4.74 Å². The van der Waals surface area contributed by atoms with Crippen LogP contribution in [0.25, 0.3) is 0 Å². The maximum Gasteiger partial charge on any atom is 0.356 e. The van der Waals surface area contributed by atoms with Crippen LogP contribution in [0, 0.1) is 0 Å². The summed E-state index contributed by atoms with van der Waals surface area (Å²) in [5.74, 6) is -0.336. The zero-order valence-corrected chi connectivity index (χ0v) is 13.8. The van der Waals surface area contributed by atoms with Crippen molar-refractivity contribution >= 4 is 21.9 Å². The smallest absolute Gasteiger partial charge is 0.356 e. The molecule has 0 saturated heterocycles. The molecule has 0 N–H and O–H groups in total. The lowest BCUT2D eigenvalue weighted by molar-refractivity contribution is 0.0512. The average Bonchev–Trinajstić information content (AvgIpc) is 2.85. The van der Waals surface area contributed by atoms with Crippen LogP contribution in [0.3, 0.4) is 0 Å². The number of carbonyl (C=O) groups is 1. The molecule has 0 aliphatic heterocycles. The number of nitrogens with zero attached hydrogens (tertiary/aromatic N) is 3. The lowest BCUT2D eigenvalue weighted by Crippen LogP contribution is -2.14. The van der Waals surface area contributed by atoms with E-state index in [0.717, 1.165) is 28.7 Å². The molecular formula is C15H18BrN3O2. The summed E-state index contributed by atoms with van der Waals surface area (Å²) >= 11 is 3.31. The Morgan fingerprint density at radius 1 is 1.38 bits per heavy atom. The fraction of sp³-hybridized carbons (Fsp3) is 0.400. The fourth-order valence-electron chi connectivity index (χ4n) is 2.01. The summed E-state index contributed by atoms with van der Waals surface area (Å²) in [7, 11) is 0. The van der Waals surface area contributed by atoms with E-state index in [1.807, 2.05) is 18.2 Å². The second-order valence-electron chi connectivity index (χ2n) is 4.64. The third-order valence-electron chi connectivity index (χ3n) is 2.94. The molecule has 2 heterocycles. The van der Waals surface area contributed by atoms with Gasteiger partial charge in [0.25, 0.3) is 0 Å². The van der Waals surface area contributed by atoms with Crippen molar-refractivity contribution in [3.63, 3.8) is 0 Å². The highest BCUT2D eigenvalue weighted by Gasteiger charge is 2.16. The van der Waals surface area contributed by atoms with Gasteiger partial charge < -0.3 is 4.74 Å². The molecule has 0 bridgehead atoms. The third kappa shape index (κ3) is 4.14. The number of aromatic nitrogens is 3. The Kier molecular flexibility index (Phi) is 5.50. The largest absolute Gasteiger partial charge is 0.461 e. The predicted molar refractivity (Wildman–Crippen MR) is 83.2 cm³/mol. The molecule has 0 radical (unpaired) electrons. The van der Waals surface area contributed by atoms with E-state index in [9.17, 15) is 4.79 Å². The zero-order chi connectivity index (χ0) is 15.2. The molecule has 0 unspecified atom stereocenters. The summed E-state index contributed by atoms with van der Waals surface area (Å²) in [6, 6.07) is 5.64. The summed E-state index contributed by atoms with van der Waals surface area (Å²) in [6.45, 7) is 4.73. The van der Waals surface area contributed by atoms with Gasteiger partial charge in [-0.1, -0.05) is 19.4 Å². The van der Waals surface area contributed by atoms with Crippen LogP contribution < -0.4 is 0 Å². The molecule has 0 fully saturated rings. The van der Waals surface area contributed by atoms with Crippen molar-refractivity contribution in [2.75, 3.05) is 6.61 Å². The van der Waals surface area contributed by atoms with Crippen molar-refractivity contribution < 1.29 is 9.53 Å². The van der Waals surface area contributed by atoms with Crippen LogP contribution in [0.15, 0.2) is 29.0 Å². The third-order valence-corrected chi connectivity index (χ3v) is 3.41. The number of aryl methyl sites for hydroxylation is 1. The summed E-state index contributed by atoms with van der Waals surface area (Å²) in [6.07, 6.45) is 3.59. The van der Waals surface area contributed by atoms with Crippen molar-refractivity contribution in [1.29, 1.82) is 0 Å². The Morgan fingerprint density at radius 3 is 2.81 bits per heavy atom. The Bertz CT molecular complexity index is 608. The van der Waals surface area contributed by atoms with Gasteiger partial charge in [0.2, 0.25) is 0 Å². The zero-order valence-electron chi connectivity index (χ0n) is 12.2. The van der Waals surface area contributed by atoms with Crippen LogP contribution in [0.2, 0.25) is 0 Å². The number of ether oxygens (including phenoxy) is 1. The number of pyridine rings is 1. The predicted octanol–water partition coefficient (Wildman–Crippen LogP) is 3.22. The number of carbonyl (C=O) groups excluding carboxylic acids is 1. The minimum Gasteiger partial charge on any atom is -0.461 e. The molecule has 21 heavy (non-hydrogen) atoms. The number of hydrogen-bond donors (Lipinski definition) is 0. The molecule has 0 aromatic carbocycles. The lowest BCUT2D eigenvalue weighted by atomic mass is 10.2. The molecule has 2 aromatic rings. The highest BCUT2D eigenvalue weighted by Crippen LogP contribution is 2.13. The SMILES string of the molecule is CCCc1cc(C(=O)OCC)n(Cc2ccc(Br)nc2)n1. The Hall–Kier alpha value is -1.69. The van der Waals surface area contributed by atoms with Crippen LogP contribution in [-0.4, -0.2) is 27.3 Å². The number of esters is 1. The van der Waals surface area contributed by atoms with Gasteiger partial charge in [0.05, 0.1) is 18.8 Å². The van der Waals surface area contributed by atoms with Crippen molar-refractivity contribution in [2.24, 2.45) is 0 Å². The Morgan fingerprint density at radius 2 is 2.19 bits per heavy atom. The van der Waals surface area contributed by atoms with E-state index >= 15 is 0 Å². The fourth-order valence-corrected chi connectivity index (χ4v) is 2.25. The van der Waals surface area contributed by atoms with Crippen molar-refractivity contribution in [3.8, 4) is 0 Å². The molecule has 0 spiro atoms. The normalized spacial score (nSPS) is 10.6. The molecule has 0 saturated carbocycles. The summed E-state index contributed by atoms with van der Waals surface area (Å²) in [5.41, 5.74) is 2.38. The van der Waals surface area contributed by atoms with E-state index in [2.05, 4.69) is 32.9 Å². The Balaban J connectivity index is 2.27. The van der Waals surface area contributed by atoms with Crippen LogP contribution in [0.1, 0.15) is 42.0 Å². The van der Waals surface area contributed by atoms with Gasteiger partial charge in [0.15, 0.2) is 0 Å². The summed E-state index contributed by atoms with van der Waals surface area (Å²) in [4.78, 5) is 16.2. The van der Waals surface area contributed by atoms with Gasteiger partial charge in [-0.2, -0.15) is 5.10 Å². The van der Waals surface area contributed by atoms with Crippen LogP contribution >= 0.6 is 15.9 Å². The summed E-state index contributed by atoms with van der Waals surface area (Å²) < 4.78 is 7.56. The topological polar surface area (TPSA) is 57.0 Å². The first-order chi connectivity index (χ1) is 10.1. The van der Waals surface area contributed by atoms with E-state index in [1.165, 1.54) is 0 Å². The van der Waals surface area contributed by atoms with E-state index < -0.39 is 0 Å². The molecule has 0 amide bonds. The molecule has 112 valence electrons. The molecule has 0 atom stereocenters. The number of rotatable bonds is 6. The van der Waals surface area contributed by atoms with E-state index in [0.29, 0.717) is 18.8 Å². The van der Waals surface area contributed by atoms with Crippen molar-refractivity contribution in [2.45, 2.75) is 33.2 Å². The monoisotopic (exact) mass is 351 g/mol. The maximum atomic E-state index is 12.0. The molecule has 6 heteroatoms. The Labute approximate surface area is 132 Å². The quantitative estimate of drug-likeness (QED) is 0.592. The molecule has 5 nitrogen and oxygen atoms in total. The van der Waals surface area contributed by atoms with Gasteiger partial charge in [-0.15, -0.1) is 0 Å². The second-order valence-corrected chi connectivity index (χ2v) is 5.45. The van der Waals surface area contributed by atoms with Gasteiger partial charge in [-0.05, 0) is 47.0 Å². The first-order valence-corrected chi connectivity index (χ1v) is 7.77. The van der Waals surface area contributed by atoms with Crippen molar-refractivity contribution in [1.82, 2.24) is 14.8 Å². The van der Waals surface area contributed by atoms with Gasteiger partial charge in [0.1, 0.15) is 10.3 Å². The van der Waals surface area contributed by atoms with E-state index in [1.54, 1.807) is 17.8 Å². The van der Waals surface area contributed by atoms with Crippen LogP contribution in [0.5, 0.6) is 0 Å². The van der Waals surface area contributed by atoms with E-state index in [-0.39, 0.29) is 5.97 Å². The van der Waals surface area contributed by atoms with Crippen LogP contribution in [-0.2, 0) is 17.7 Å². The highest BCUT2D eigenvalue weighted by molar-refractivity contribution is 9.10. The minimum atomic E-state index is -0.336.